The summed E-state index contributed by atoms with van der Waals surface area (Å²) < 4.78 is 5.40. The van der Waals surface area contributed by atoms with Crippen molar-refractivity contribution in [3.63, 3.8) is 0 Å². The lowest BCUT2D eigenvalue weighted by molar-refractivity contribution is -0.152. The Balaban J connectivity index is 1.89. The van der Waals surface area contributed by atoms with Gasteiger partial charge in [-0.15, -0.1) is 0 Å². The van der Waals surface area contributed by atoms with Crippen LogP contribution in [0.25, 0.3) is 0 Å². The number of rotatable bonds is 5. The van der Waals surface area contributed by atoms with E-state index in [4.69, 9.17) is 9.72 Å². The molecule has 0 saturated carbocycles. The summed E-state index contributed by atoms with van der Waals surface area (Å²) in [5.41, 5.74) is 3.61. The minimum atomic E-state index is -0.847. The molecule has 1 aliphatic rings. The van der Waals surface area contributed by atoms with Gasteiger partial charge in [0.05, 0.1) is 11.7 Å². The van der Waals surface area contributed by atoms with E-state index < -0.39 is 5.60 Å². The molecule has 1 fully saturated rings. The van der Waals surface area contributed by atoms with Gasteiger partial charge < -0.3 is 15.0 Å². The standard InChI is InChI=1S/C21H29N5O2/c1-13-10-14(2)24-20(23-13)25-16-11-15(3)22-17(12-16)18-8-7-9-26(18)19(27)21(4,5)28-6/h10-12,18H,7-9H2,1-6H3,(H,22,23,24,25). The van der Waals surface area contributed by atoms with Crippen LogP contribution in [-0.4, -0.2) is 45.0 Å². The molecular formula is C21H29N5O2. The maximum Gasteiger partial charge on any atom is 0.254 e. The van der Waals surface area contributed by atoms with Crippen LogP contribution >= 0.6 is 0 Å². The number of amides is 1. The number of hydrogen-bond donors (Lipinski definition) is 1. The molecule has 7 nitrogen and oxygen atoms in total. The molecule has 1 amide bonds. The summed E-state index contributed by atoms with van der Waals surface area (Å²) in [7, 11) is 1.57. The van der Waals surface area contributed by atoms with Crippen molar-refractivity contribution in [1.82, 2.24) is 19.9 Å². The van der Waals surface area contributed by atoms with Gasteiger partial charge in [0.1, 0.15) is 5.60 Å². The lowest BCUT2D eigenvalue weighted by atomic mass is 10.0. The quantitative estimate of drug-likeness (QED) is 0.849. The molecule has 0 aliphatic carbocycles. The van der Waals surface area contributed by atoms with Crippen LogP contribution in [0.3, 0.4) is 0 Å². The second-order valence-electron chi connectivity index (χ2n) is 7.89. The topological polar surface area (TPSA) is 80.2 Å². The fourth-order valence-electron chi connectivity index (χ4n) is 3.60. The van der Waals surface area contributed by atoms with E-state index >= 15 is 0 Å². The molecular weight excluding hydrogens is 354 g/mol. The molecule has 0 spiro atoms. The van der Waals surface area contributed by atoms with Crippen molar-refractivity contribution in [2.24, 2.45) is 0 Å². The lowest BCUT2D eigenvalue weighted by Crippen LogP contribution is -2.46. The van der Waals surface area contributed by atoms with Crippen molar-refractivity contribution in [2.45, 2.75) is 59.1 Å². The van der Waals surface area contributed by atoms with Crippen LogP contribution in [0.1, 0.15) is 55.5 Å². The van der Waals surface area contributed by atoms with Crippen LogP contribution in [0.2, 0.25) is 0 Å². The molecule has 2 aromatic rings. The molecule has 3 heterocycles. The number of nitrogens with zero attached hydrogens (tertiary/aromatic N) is 4. The van der Waals surface area contributed by atoms with Gasteiger partial charge in [-0.25, -0.2) is 9.97 Å². The van der Waals surface area contributed by atoms with Crippen molar-refractivity contribution < 1.29 is 9.53 Å². The predicted octanol–water partition coefficient (Wildman–Crippen LogP) is 3.63. The third-order valence-electron chi connectivity index (χ3n) is 5.09. The second kappa shape index (κ2) is 7.83. The molecule has 1 aliphatic heterocycles. The van der Waals surface area contributed by atoms with Gasteiger partial charge in [0, 0.05) is 36.4 Å². The molecule has 0 radical (unpaired) electrons. The number of nitrogens with one attached hydrogen (secondary N) is 1. The van der Waals surface area contributed by atoms with Gasteiger partial charge >= 0.3 is 0 Å². The molecule has 150 valence electrons. The number of aryl methyl sites for hydroxylation is 3. The maximum atomic E-state index is 13.0. The van der Waals surface area contributed by atoms with Crippen molar-refractivity contribution >= 4 is 17.5 Å². The van der Waals surface area contributed by atoms with E-state index in [0.717, 1.165) is 47.8 Å². The van der Waals surface area contributed by atoms with Gasteiger partial charge in [0.25, 0.3) is 5.91 Å². The summed E-state index contributed by atoms with van der Waals surface area (Å²) in [6.07, 6.45) is 1.84. The third-order valence-corrected chi connectivity index (χ3v) is 5.09. The van der Waals surface area contributed by atoms with Crippen LogP contribution in [0.15, 0.2) is 18.2 Å². The highest BCUT2D eigenvalue weighted by Crippen LogP contribution is 2.34. The van der Waals surface area contributed by atoms with E-state index in [1.54, 1.807) is 21.0 Å². The number of likely N-dealkylation sites (tertiary alicyclic amines) is 1. The van der Waals surface area contributed by atoms with Crippen molar-refractivity contribution in [1.29, 1.82) is 0 Å². The molecule has 0 aromatic carbocycles. The summed E-state index contributed by atoms with van der Waals surface area (Å²) in [6.45, 7) is 10.2. The average molecular weight is 383 g/mol. The molecule has 1 N–H and O–H groups in total. The van der Waals surface area contributed by atoms with E-state index in [1.165, 1.54) is 0 Å². The summed E-state index contributed by atoms with van der Waals surface area (Å²) in [6, 6.07) is 5.84. The highest BCUT2D eigenvalue weighted by molar-refractivity contribution is 5.85. The maximum absolute atomic E-state index is 13.0. The molecule has 1 saturated heterocycles. The number of hydrogen-bond acceptors (Lipinski definition) is 6. The van der Waals surface area contributed by atoms with Crippen LogP contribution in [0, 0.1) is 20.8 Å². The zero-order chi connectivity index (χ0) is 20.5. The third kappa shape index (κ3) is 4.30. The van der Waals surface area contributed by atoms with Gasteiger partial charge in [0.2, 0.25) is 5.95 Å². The fourth-order valence-corrected chi connectivity index (χ4v) is 3.60. The molecule has 7 heteroatoms. The minimum Gasteiger partial charge on any atom is -0.369 e. The SMILES string of the molecule is COC(C)(C)C(=O)N1CCCC1c1cc(Nc2nc(C)cc(C)n2)cc(C)n1. The zero-order valence-electron chi connectivity index (χ0n) is 17.5. The Morgan fingerprint density at radius 1 is 1.11 bits per heavy atom. The van der Waals surface area contributed by atoms with E-state index in [0.29, 0.717) is 5.95 Å². The average Bonchev–Trinajstić information content (AvgIpc) is 3.09. The van der Waals surface area contributed by atoms with Gasteiger partial charge in [0.15, 0.2) is 0 Å². The van der Waals surface area contributed by atoms with E-state index in [2.05, 4.69) is 15.3 Å². The molecule has 1 atom stereocenters. The first-order valence-electron chi connectivity index (χ1n) is 9.64. The largest absolute Gasteiger partial charge is 0.369 e. The lowest BCUT2D eigenvalue weighted by Gasteiger charge is -2.32. The predicted molar refractivity (Wildman–Crippen MR) is 109 cm³/mol. The number of anilines is 2. The number of ether oxygens (including phenoxy) is 1. The molecule has 28 heavy (non-hydrogen) atoms. The van der Waals surface area contributed by atoms with Gasteiger partial charge in [-0.1, -0.05) is 0 Å². The zero-order valence-corrected chi connectivity index (χ0v) is 17.5. The molecule has 2 aromatic heterocycles. The smallest absolute Gasteiger partial charge is 0.254 e. The van der Waals surface area contributed by atoms with Crippen LogP contribution in [0.5, 0.6) is 0 Å². The van der Waals surface area contributed by atoms with E-state index in [9.17, 15) is 4.79 Å². The molecule has 3 rings (SSSR count). The number of methoxy groups -OCH3 is 1. The highest BCUT2D eigenvalue weighted by Gasteiger charge is 2.39. The van der Waals surface area contributed by atoms with Gasteiger partial charge in [-0.3, -0.25) is 9.78 Å². The Kier molecular flexibility index (Phi) is 5.65. The number of aromatic nitrogens is 3. The fraction of sp³-hybridized carbons (Fsp3) is 0.524. The van der Waals surface area contributed by atoms with E-state index in [-0.39, 0.29) is 11.9 Å². The summed E-state index contributed by atoms with van der Waals surface area (Å²) >= 11 is 0. The monoisotopic (exact) mass is 383 g/mol. The summed E-state index contributed by atoms with van der Waals surface area (Å²) in [5.74, 6) is 0.557. The Morgan fingerprint density at radius 3 is 2.39 bits per heavy atom. The molecule has 1 unspecified atom stereocenters. The van der Waals surface area contributed by atoms with Crippen molar-refractivity contribution in [2.75, 3.05) is 19.0 Å². The van der Waals surface area contributed by atoms with Crippen LogP contribution in [0.4, 0.5) is 11.6 Å². The Bertz CT molecular complexity index is 861. The number of carbonyl (C=O) groups is 1. The Hall–Kier alpha value is -2.54. The molecule has 0 bridgehead atoms. The first-order chi connectivity index (χ1) is 13.2. The van der Waals surface area contributed by atoms with Crippen LogP contribution in [-0.2, 0) is 9.53 Å². The summed E-state index contributed by atoms with van der Waals surface area (Å²) in [5, 5.41) is 3.29. The van der Waals surface area contributed by atoms with Gasteiger partial charge in [-0.2, -0.15) is 0 Å². The van der Waals surface area contributed by atoms with E-state index in [1.807, 2.05) is 43.9 Å². The van der Waals surface area contributed by atoms with Crippen molar-refractivity contribution in [3.05, 3.63) is 41.0 Å². The summed E-state index contributed by atoms with van der Waals surface area (Å²) in [4.78, 5) is 28.5. The van der Waals surface area contributed by atoms with Gasteiger partial charge in [-0.05, 0) is 65.7 Å². The second-order valence-corrected chi connectivity index (χ2v) is 7.89. The number of carbonyl (C=O) groups excluding carboxylic acids is 1. The number of pyridine rings is 1. The van der Waals surface area contributed by atoms with Crippen molar-refractivity contribution in [3.8, 4) is 0 Å². The Labute approximate surface area is 166 Å². The minimum absolute atomic E-state index is 0.00652. The highest BCUT2D eigenvalue weighted by atomic mass is 16.5. The normalized spacial score (nSPS) is 17.1. The first-order valence-corrected chi connectivity index (χ1v) is 9.64. The van der Waals surface area contributed by atoms with Crippen LogP contribution < -0.4 is 5.32 Å². The first kappa shape index (κ1) is 20.2. The Morgan fingerprint density at radius 2 is 1.75 bits per heavy atom.